The molecule has 0 radical (unpaired) electrons. The molecule has 5 heteroatoms. The Balaban J connectivity index is 2.04. The third kappa shape index (κ3) is 1.72. The Morgan fingerprint density at radius 1 is 0.909 bits per heavy atom. The number of allylic oxidation sites excluding steroid dienone is 4. The summed E-state index contributed by atoms with van der Waals surface area (Å²) in [6.07, 6.45) is 11.3. The number of carbonyl (C=O) groups excluding carboxylic acids is 2. The van der Waals surface area contributed by atoms with E-state index in [1.54, 1.807) is 24.3 Å². The fraction of sp³-hybridized carbons (Fsp3) is 0.0588. The molecule has 5 rings (SSSR count). The fourth-order valence-electron chi connectivity index (χ4n) is 2.74. The average Bonchev–Trinajstić information content (AvgIpc) is 2.52. The minimum Gasteiger partial charge on any atom is -0.507 e. The molecule has 0 saturated carbocycles. The van der Waals surface area contributed by atoms with Crippen molar-refractivity contribution in [1.82, 2.24) is 0 Å². The number of phenolic OH excluding ortho intramolecular Hbond substituents is 1. The predicted octanol–water partition coefficient (Wildman–Crippen LogP) is 2.24. The van der Waals surface area contributed by atoms with Crippen LogP contribution in [0.2, 0.25) is 0 Å². The predicted molar refractivity (Wildman–Crippen MR) is 77.9 cm³/mol. The number of benzene rings is 1. The van der Waals surface area contributed by atoms with E-state index < -0.39 is 11.9 Å². The highest BCUT2D eigenvalue weighted by atomic mass is 16.6. The highest BCUT2D eigenvalue weighted by molar-refractivity contribution is 5.99. The van der Waals surface area contributed by atoms with Gasteiger partial charge in [0, 0.05) is 29.7 Å². The van der Waals surface area contributed by atoms with Crippen molar-refractivity contribution < 1.29 is 24.2 Å². The minimum absolute atomic E-state index is 0.129. The van der Waals surface area contributed by atoms with E-state index >= 15 is 0 Å². The fourth-order valence-corrected chi connectivity index (χ4v) is 2.74. The van der Waals surface area contributed by atoms with Gasteiger partial charge in [-0.05, 0) is 11.6 Å². The highest BCUT2D eigenvalue weighted by Crippen LogP contribution is 2.51. The van der Waals surface area contributed by atoms with Crippen LogP contribution in [0.4, 0.5) is 0 Å². The largest absolute Gasteiger partial charge is 0.507 e. The van der Waals surface area contributed by atoms with Gasteiger partial charge in [-0.3, -0.25) is 0 Å². The summed E-state index contributed by atoms with van der Waals surface area (Å²) in [6, 6.07) is 0. The quantitative estimate of drug-likeness (QED) is 0.596. The van der Waals surface area contributed by atoms with Crippen molar-refractivity contribution in [2.24, 2.45) is 0 Å². The molecule has 2 bridgehead atoms. The smallest absolute Gasteiger partial charge is 0.336 e. The van der Waals surface area contributed by atoms with Crippen LogP contribution in [-0.2, 0) is 20.7 Å². The number of rotatable bonds is 0. The Hall–Kier alpha value is -3.08. The normalized spacial score (nSPS) is 24.5. The molecule has 4 aliphatic rings. The van der Waals surface area contributed by atoms with Crippen molar-refractivity contribution >= 4 is 23.8 Å². The van der Waals surface area contributed by atoms with Crippen LogP contribution in [-0.4, -0.2) is 17.0 Å². The first kappa shape index (κ1) is 12.6. The summed E-state index contributed by atoms with van der Waals surface area (Å²) >= 11 is 0. The Kier molecular flexibility index (Phi) is 2.56. The van der Waals surface area contributed by atoms with Crippen LogP contribution in [0, 0.1) is 0 Å². The van der Waals surface area contributed by atoms with Crippen LogP contribution >= 0.6 is 0 Å². The molecule has 0 unspecified atom stereocenters. The number of hydrogen-bond donors (Lipinski definition) is 1. The lowest BCUT2D eigenvalue weighted by molar-refractivity contribution is -0.132. The zero-order valence-electron chi connectivity index (χ0n) is 11.3. The van der Waals surface area contributed by atoms with Gasteiger partial charge in [0.2, 0.25) is 0 Å². The summed E-state index contributed by atoms with van der Waals surface area (Å²) in [5.41, 5.74) is 2.52. The molecule has 1 N–H and O–H groups in total. The maximum atomic E-state index is 11.8. The van der Waals surface area contributed by atoms with Crippen molar-refractivity contribution in [3.05, 3.63) is 58.7 Å². The molecule has 108 valence electrons. The first-order valence-electron chi connectivity index (χ1n) is 6.73. The van der Waals surface area contributed by atoms with Gasteiger partial charge in [-0.25, -0.2) is 9.59 Å². The molecule has 3 aliphatic carbocycles. The van der Waals surface area contributed by atoms with E-state index in [0.29, 0.717) is 23.1 Å². The van der Waals surface area contributed by atoms with Gasteiger partial charge < -0.3 is 14.6 Å². The number of phenols is 1. The zero-order chi connectivity index (χ0) is 15.3. The van der Waals surface area contributed by atoms with Crippen LogP contribution in [0.25, 0.3) is 11.8 Å². The SMILES string of the molecule is O=C1/C=C\C(=O)Oc2c3c(O)c(c4c2\C(=C/C=C\C=C/4)O1)C3. The van der Waals surface area contributed by atoms with Crippen molar-refractivity contribution in [1.29, 1.82) is 0 Å². The Morgan fingerprint density at radius 2 is 1.68 bits per heavy atom. The second kappa shape index (κ2) is 4.46. The van der Waals surface area contributed by atoms with Gasteiger partial charge in [-0.1, -0.05) is 24.3 Å². The second-order valence-corrected chi connectivity index (χ2v) is 5.05. The third-order valence-corrected chi connectivity index (χ3v) is 3.77. The summed E-state index contributed by atoms with van der Waals surface area (Å²) < 4.78 is 10.7. The molecule has 0 saturated heterocycles. The maximum absolute atomic E-state index is 11.8. The number of carbonyl (C=O) groups is 2. The summed E-state index contributed by atoms with van der Waals surface area (Å²) in [5, 5.41) is 10.1. The van der Waals surface area contributed by atoms with E-state index in [4.69, 9.17) is 9.47 Å². The molecule has 0 spiro atoms. The van der Waals surface area contributed by atoms with Gasteiger partial charge in [-0.2, -0.15) is 0 Å². The van der Waals surface area contributed by atoms with E-state index in [-0.39, 0.29) is 17.3 Å². The van der Waals surface area contributed by atoms with Gasteiger partial charge in [0.15, 0.2) is 0 Å². The molecule has 0 amide bonds. The first-order valence-corrected chi connectivity index (χ1v) is 6.73. The molecule has 0 aromatic heterocycles. The number of esters is 2. The van der Waals surface area contributed by atoms with Gasteiger partial charge >= 0.3 is 11.9 Å². The molecule has 1 aromatic rings. The zero-order valence-corrected chi connectivity index (χ0v) is 11.3. The topological polar surface area (TPSA) is 72.8 Å². The van der Waals surface area contributed by atoms with Gasteiger partial charge in [0.05, 0.1) is 5.56 Å². The van der Waals surface area contributed by atoms with Gasteiger partial charge in [0.25, 0.3) is 0 Å². The standard InChI is InChI=1S/C17H10O5/c18-13-6-7-14(19)22-17-11-8-10(16(11)20)9-4-2-1-3-5-12(21-13)15(9)17/h1-7,20H,8H2/b2-1?,3-1-,4-2-,5-3?,7-6-,9-4?,12-5+,15-12?. The van der Waals surface area contributed by atoms with Gasteiger partial charge in [-0.15, -0.1) is 0 Å². The third-order valence-electron chi connectivity index (χ3n) is 3.77. The Morgan fingerprint density at radius 3 is 2.45 bits per heavy atom. The summed E-state index contributed by atoms with van der Waals surface area (Å²) in [4.78, 5) is 23.6. The molecule has 1 aromatic carbocycles. The number of ether oxygens (including phenoxy) is 2. The lowest BCUT2D eigenvalue weighted by Crippen LogP contribution is -2.16. The van der Waals surface area contributed by atoms with E-state index in [1.165, 1.54) is 0 Å². The lowest BCUT2D eigenvalue weighted by atomic mass is 9.80. The molecule has 5 nitrogen and oxygen atoms in total. The van der Waals surface area contributed by atoms with Crippen molar-refractivity contribution in [3.63, 3.8) is 0 Å². The summed E-state index contributed by atoms with van der Waals surface area (Å²) in [5.74, 6) is -0.672. The molecule has 0 fully saturated rings. The van der Waals surface area contributed by atoms with E-state index in [1.807, 2.05) is 6.08 Å². The maximum Gasteiger partial charge on any atom is 0.336 e. The molecule has 0 atom stereocenters. The van der Waals surface area contributed by atoms with Crippen molar-refractivity contribution in [2.75, 3.05) is 0 Å². The van der Waals surface area contributed by atoms with E-state index in [2.05, 4.69) is 0 Å². The highest BCUT2D eigenvalue weighted by Gasteiger charge is 2.35. The molecular weight excluding hydrogens is 284 g/mol. The summed E-state index contributed by atoms with van der Waals surface area (Å²) in [6.45, 7) is 0. The average molecular weight is 294 g/mol. The van der Waals surface area contributed by atoms with Crippen molar-refractivity contribution in [3.8, 4) is 11.5 Å². The summed E-state index contributed by atoms with van der Waals surface area (Å²) in [7, 11) is 0. The Labute approximate surface area is 125 Å². The molecule has 22 heavy (non-hydrogen) atoms. The first-order chi connectivity index (χ1) is 10.6. The minimum atomic E-state index is -0.683. The monoisotopic (exact) mass is 294 g/mol. The van der Waals surface area contributed by atoms with Crippen LogP contribution in [0.5, 0.6) is 11.5 Å². The van der Waals surface area contributed by atoms with E-state index in [0.717, 1.165) is 17.7 Å². The van der Waals surface area contributed by atoms with Gasteiger partial charge in [0.1, 0.15) is 17.3 Å². The molecular formula is C17H10O5. The van der Waals surface area contributed by atoms with E-state index in [9.17, 15) is 14.7 Å². The number of hydrogen-bond acceptors (Lipinski definition) is 5. The van der Waals surface area contributed by atoms with Crippen LogP contribution in [0.3, 0.4) is 0 Å². The lowest BCUT2D eigenvalue weighted by Gasteiger charge is -2.29. The Bertz CT molecular complexity index is 853. The van der Waals surface area contributed by atoms with Crippen molar-refractivity contribution in [2.45, 2.75) is 6.42 Å². The molecule has 1 heterocycles. The van der Waals surface area contributed by atoms with Crippen LogP contribution < -0.4 is 4.74 Å². The van der Waals surface area contributed by atoms with Crippen LogP contribution in [0.1, 0.15) is 22.3 Å². The molecule has 1 aliphatic heterocycles. The number of aromatic hydroxyl groups is 1. The van der Waals surface area contributed by atoms with Crippen LogP contribution in [0.15, 0.2) is 36.5 Å². The second-order valence-electron chi connectivity index (χ2n) is 5.05.